The summed E-state index contributed by atoms with van der Waals surface area (Å²) in [7, 11) is 1.48. The number of aromatic amines is 2. The molecule has 0 radical (unpaired) electrons. The van der Waals surface area contributed by atoms with Crippen LogP contribution in [0, 0.1) is 0 Å². The fraction of sp³-hybridized carbons (Fsp3) is 0.419. The quantitative estimate of drug-likeness (QED) is 0.0748. The standard InChI is InChI=1S/C43H53N9O11S/c1-22(51(4)38(58)31-17-23-16-25(53)10-11-28(23)43(2,3)50-31)35(37(57)45-21-26-19-33(54)39(63-26)52-14-12-34(55)48-42(52)62)49-36(56)30(13-15-64-5)46-41(61)47-32(40(59)60)18-24-20-44-29-9-7-6-8-27(24)29/h6-12,14,16,20-22,30-33,35,39,44,50,53-54H,13,15,17-19H2,1-5H3,(H,45,57)(H,49,56)(H,59,60)(H2,46,47,61)(H,48,55,62)/t22-,30-,31+,32-,33+,35-,39+/m0/s1. The Balaban J connectivity index is 1.22. The van der Waals surface area contributed by atoms with Crippen LogP contribution >= 0.6 is 11.8 Å². The third-order valence-corrected chi connectivity index (χ3v) is 12.1. The van der Waals surface area contributed by atoms with E-state index in [1.54, 1.807) is 37.6 Å². The zero-order chi connectivity index (χ0) is 46.5. The second-order valence-electron chi connectivity index (χ2n) is 16.4. The van der Waals surface area contributed by atoms with E-state index >= 15 is 0 Å². The number of fused-ring (bicyclic) bond motifs is 2. The number of benzene rings is 2. The molecule has 0 aliphatic carbocycles. The molecule has 1 fully saturated rings. The molecular weight excluding hydrogens is 851 g/mol. The van der Waals surface area contributed by atoms with E-state index in [-0.39, 0.29) is 37.2 Å². The van der Waals surface area contributed by atoms with Crippen molar-refractivity contribution < 1.29 is 44.0 Å². The highest BCUT2D eigenvalue weighted by Gasteiger charge is 2.41. The van der Waals surface area contributed by atoms with Crippen LogP contribution in [0.1, 0.15) is 56.5 Å². The number of hydrogen-bond acceptors (Lipinski definition) is 12. The number of thioether (sulfide) groups is 1. The van der Waals surface area contributed by atoms with Crippen molar-refractivity contribution in [3.63, 3.8) is 0 Å². The summed E-state index contributed by atoms with van der Waals surface area (Å²) in [5, 5.41) is 45.5. The predicted octanol–water partition coefficient (Wildman–Crippen LogP) is 0.859. The Labute approximate surface area is 371 Å². The monoisotopic (exact) mass is 903 g/mol. The Morgan fingerprint density at radius 3 is 2.48 bits per heavy atom. The number of nitrogens with one attached hydrogen (secondary N) is 7. The average molecular weight is 904 g/mol. The van der Waals surface area contributed by atoms with Gasteiger partial charge in [-0.1, -0.05) is 24.3 Å². The summed E-state index contributed by atoms with van der Waals surface area (Å²) in [5.41, 5.74) is 0.949. The Morgan fingerprint density at radius 1 is 1.03 bits per heavy atom. The maximum Gasteiger partial charge on any atom is 0.331 e. The van der Waals surface area contributed by atoms with E-state index < -0.39 is 89.1 Å². The molecule has 0 unspecified atom stereocenters. The lowest BCUT2D eigenvalue weighted by atomic mass is 9.82. The van der Waals surface area contributed by atoms with E-state index in [9.17, 15) is 48.9 Å². The minimum atomic E-state index is -1.48. The molecule has 4 heterocycles. The lowest BCUT2D eigenvalue weighted by Crippen LogP contribution is -2.63. The number of carboxylic acids is 1. The zero-order valence-electron chi connectivity index (χ0n) is 35.8. The molecule has 1 saturated heterocycles. The highest BCUT2D eigenvalue weighted by Crippen LogP contribution is 2.33. The van der Waals surface area contributed by atoms with Crippen molar-refractivity contribution in [1.82, 2.24) is 46.0 Å². The summed E-state index contributed by atoms with van der Waals surface area (Å²) in [5.74, 6) is -2.88. The number of para-hydroxylation sites is 1. The van der Waals surface area contributed by atoms with Crippen molar-refractivity contribution in [1.29, 1.82) is 0 Å². The first-order valence-electron chi connectivity index (χ1n) is 20.5. The first-order valence-corrected chi connectivity index (χ1v) is 21.9. The average Bonchev–Trinajstić information content (AvgIpc) is 3.83. The molecule has 10 N–H and O–H groups in total. The van der Waals surface area contributed by atoms with Crippen LogP contribution in [0.15, 0.2) is 82.5 Å². The van der Waals surface area contributed by atoms with Gasteiger partial charge in [-0.3, -0.25) is 34.0 Å². The molecule has 6 rings (SSSR count). The number of H-pyrrole nitrogens is 2. The van der Waals surface area contributed by atoms with Crippen molar-refractivity contribution in [3.8, 4) is 5.75 Å². The molecule has 21 heteroatoms. The van der Waals surface area contributed by atoms with Gasteiger partial charge < -0.3 is 51.2 Å². The van der Waals surface area contributed by atoms with Crippen LogP contribution in [0.25, 0.3) is 10.9 Å². The van der Waals surface area contributed by atoms with Crippen LogP contribution in [0.4, 0.5) is 4.79 Å². The predicted molar refractivity (Wildman–Crippen MR) is 236 cm³/mol. The Morgan fingerprint density at radius 2 is 1.77 bits per heavy atom. The maximum atomic E-state index is 14.3. The minimum absolute atomic E-state index is 0.0415. The number of amides is 5. The molecule has 0 bridgehead atoms. The van der Waals surface area contributed by atoms with Gasteiger partial charge in [0.05, 0.1) is 12.1 Å². The van der Waals surface area contributed by atoms with Crippen molar-refractivity contribution in [3.05, 3.63) is 110 Å². The summed E-state index contributed by atoms with van der Waals surface area (Å²) in [6, 6.07) is 6.44. The van der Waals surface area contributed by atoms with E-state index in [0.29, 0.717) is 11.3 Å². The third kappa shape index (κ3) is 10.8. The second-order valence-corrected chi connectivity index (χ2v) is 17.4. The number of aliphatic carboxylic acids is 1. The number of aromatic hydroxyl groups is 1. The lowest BCUT2D eigenvalue weighted by Gasteiger charge is -2.41. The number of nitrogens with zero attached hydrogens (tertiary/aromatic N) is 2. The van der Waals surface area contributed by atoms with Gasteiger partial charge in [-0.2, -0.15) is 11.8 Å². The number of urea groups is 1. The number of carbonyl (C=O) groups is 5. The molecule has 2 aliphatic heterocycles. The summed E-state index contributed by atoms with van der Waals surface area (Å²) >= 11 is 1.39. The molecule has 4 aromatic rings. The molecule has 5 amide bonds. The van der Waals surface area contributed by atoms with Crippen LogP contribution in [-0.2, 0) is 42.3 Å². The van der Waals surface area contributed by atoms with Gasteiger partial charge in [0.15, 0.2) is 0 Å². The number of aromatic nitrogens is 3. The SMILES string of the molecule is CSCC[C@H](NC(=O)N[C@@H](Cc1c[nH]c2ccccc12)C(=O)O)C(=O)N[C@H](C(=O)NC=C1C[C@@H](O)[C@H](n2ccc(=O)[nH]c2=O)O1)[C@H](C)N(C)C(=O)[C@H]1Cc2cc(O)ccc2C(C)(C)N1. The number of carbonyl (C=O) groups excluding carboxylic acids is 4. The van der Waals surface area contributed by atoms with Crippen LogP contribution in [-0.4, -0.2) is 120 Å². The number of rotatable bonds is 16. The van der Waals surface area contributed by atoms with Gasteiger partial charge >= 0.3 is 17.7 Å². The Hall–Kier alpha value is -6.58. The number of ether oxygens (including phenoxy) is 1. The topological polar surface area (TPSA) is 289 Å². The maximum absolute atomic E-state index is 14.3. The summed E-state index contributed by atoms with van der Waals surface area (Å²) in [6.45, 7) is 5.35. The molecule has 64 heavy (non-hydrogen) atoms. The molecule has 342 valence electrons. The number of carboxylic acid groups (broad SMARTS) is 1. The van der Waals surface area contributed by atoms with Gasteiger partial charge in [-0.25, -0.2) is 14.4 Å². The largest absolute Gasteiger partial charge is 0.508 e. The molecule has 0 saturated carbocycles. The zero-order valence-corrected chi connectivity index (χ0v) is 36.7. The number of phenols is 1. The van der Waals surface area contributed by atoms with Crippen molar-refractivity contribution >= 4 is 52.4 Å². The highest BCUT2D eigenvalue weighted by molar-refractivity contribution is 7.98. The van der Waals surface area contributed by atoms with Crippen LogP contribution in [0.5, 0.6) is 5.75 Å². The van der Waals surface area contributed by atoms with Crippen LogP contribution < -0.4 is 37.8 Å². The molecule has 2 aromatic heterocycles. The second kappa shape index (κ2) is 19.9. The van der Waals surface area contributed by atoms with Gasteiger partial charge in [0.25, 0.3) is 5.56 Å². The molecular formula is C43H53N9O11S. The number of phenolic OH excluding ortho intramolecular Hbond substituents is 1. The van der Waals surface area contributed by atoms with Gasteiger partial charge in [0.2, 0.25) is 23.9 Å². The number of hydrogen-bond donors (Lipinski definition) is 10. The minimum Gasteiger partial charge on any atom is -0.508 e. The molecule has 2 aliphatic rings. The number of likely N-dealkylation sites (N-methyl/N-ethyl adjacent to an activating group) is 1. The molecule has 7 atom stereocenters. The van der Waals surface area contributed by atoms with E-state index in [0.717, 1.165) is 45.1 Å². The lowest BCUT2D eigenvalue weighted by molar-refractivity contribution is -0.139. The first-order chi connectivity index (χ1) is 30.4. The summed E-state index contributed by atoms with van der Waals surface area (Å²) in [4.78, 5) is 98.9. The van der Waals surface area contributed by atoms with Gasteiger partial charge in [0.1, 0.15) is 35.7 Å². The van der Waals surface area contributed by atoms with E-state index in [4.69, 9.17) is 4.74 Å². The van der Waals surface area contributed by atoms with Crippen molar-refractivity contribution in [2.24, 2.45) is 0 Å². The van der Waals surface area contributed by atoms with Gasteiger partial charge in [-0.15, -0.1) is 0 Å². The van der Waals surface area contributed by atoms with Crippen LogP contribution in [0.2, 0.25) is 0 Å². The summed E-state index contributed by atoms with van der Waals surface area (Å²) in [6.07, 6.45) is 3.38. The van der Waals surface area contributed by atoms with Crippen molar-refractivity contribution in [2.75, 3.05) is 19.1 Å². The van der Waals surface area contributed by atoms with E-state index in [1.165, 1.54) is 23.7 Å². The normalized spacial score (nSPS) is 20.2. The third-order valence-electron chi connectivity index (χ3n) is 11.5. The summed E-state index contributed by atoms with van der Waals surface area (Å²) < 4.78 is 6.75. The fourth-order valence-electron chi connectivity index (χ4n) is 8.00. The molecule has 20 nitrogen and oxygen atoms in total. The van der Waals surface area contributed by atoms with Crippen LogP contribution in [0.3, 0.4) is 0 Å². The van der Waals surface area contributed by atoms with Crippen molar-refractivity contribution in [2.45, 2.75) is 94.5 Å². The Kier molecular flexibility index (Phi) is 14.6. The van der Waals surface area contributed by atoms with E-state index in [2.05, 4.69) is 36.6 Å². The molecule has 2 aromatic carbocycles. The first kappa shape index (κ1) is 46.9. The smallest absolute Gasteiger partial charge is 0.331 e. The number of aliphatic hydroxyl groups is 1. The van der Waals surface area contributed by atoms with E-state index in [1.807, 2.05) is 38.1 Å². The molecule has 0 spiro atoms. The van der Waals surface area contributed by atoms with Gasteiger partial charge in [0, 0.05) is 61.0 Å². The fourth-order valence-corrected chi connectivity index (χ4v) is 8.47. The number of aliphatic hydroxyl groups excluding tert-OH is 1. The highest BCUT2D eigenvalue weighted by atomic mass is 32.2. The Bertz CT molecular complexity index is 2550. The van der Waals surface area contributed by atoms with Gasteiger partial charge in [-0.05, 0) is 80.5 Å².